The van der Waals surface area contributed by atoms with Crippen LogP contribution in [-0.4, -0.2) is 49.9 Å². The number of aromatic nitrogens is 3. The molecule has 0 unspecified atom stereocenters. The summed E-state index contributed by atoms with van der Waals surface area (Å²) in [4.78, 5) is 39.4. The summed E-state index contributed by atoms with van der Waals surface area (Å²) in [6.45, 7) is 6.16. The van der Waals surface area contributed by atoms with Crippen LogP contribution in [0.1, 0.15) is 46.0 Å². The topological polar surface area (TPSA) is 88.8 Å². The molecule has 4 heterocycles. The molecule has 2 aliphatic rings. The number of likely N-dealkylation sites (tertiary alicyclic amines) is 1. The zero-order valence-corrected chi connectivity index (χ0v) is 22.0. The van der Waals surface area contributed by atoms with Crippen LogP contribution in [0.3, 0.4) is 0 Å². The SMILES string of the molecule is Cc1cccc(-c2sc(C)nc2C(=O)N2[C@@H]3CC[C@@H](C3)[C@H]2CNC(=O)Oc2c(C)nc3sccn23)c1. The van der Waals surface area contributed by atoms with Gasteiger partial charge in [-0.1, -0.05) is 29.8 Å². The number of amides is 2. The zero-order chi connectivity index (χ0) is 25.0. The minimum absolute atomic E-state index is 0.0464. The van der Waals surface area contributed by atoms with Crippen molar-refractivity contribution < 1.29 is 14.3 Å². The lowest BCUT2D eigenvalue weighted by atomic mass is 9.98. The number of hydrogen-bond acceptors (Lipinski definition) is 7. The molecule has 4 aromatic rings. The molecule has 2 amide bonds. The van der Waals surface area contributed by atoms with Crippen LogP contribution in [0.4, 0.5) is 4.79 Å². The molecule has 0 spiro atoms. The molecule has 1 aliphatic carbocycles. The van der Waals surface area contributed by atoms with Crippen LogP contribution < -0.4 is 10.1 Å². The van der Waals surface area contributed by atoms with Gasteiger partial charge in [-0.3, -0.25) is 9.20 Å². The fraction of sp³-hybridized carbons (Fsp3) is 0.385. The highest BCUT2D eigenvalue weighted by molar-refractivity contribution is 7.15. The number of imidazole rings is 1. The van der Waals surface area contributed by atoms with Gasteiger partial charge in [0.25, 0.3) is 5.91 Å². The number of carbonyl (C=O) groups excluding carboxylic acids is 2. The van der Waals surface area contributed by atoms with E-state index in [1.165, 1.54) is 11.3 Å². The Hall–Kier alpha value is -3.24. The highest BCUT2D eigenvalue weighted by atomic mass is 32.1. The molecule has 1 saturated carbocycles. The van der Waals surface area contributed by atoms with Crippen molar-refractivity contribution in [1.82, 2.24) is 24.6 Å². The van der Waals surface area contributed by atoms with Crippen LogP contribution in [0.5, 0.6) is 5.88 Å². The molecular weight excluding hydrogens is 494 g/mol. The number of rotatable bonds is 5. The van der Waals surface area contributed by atoms with Crippen LogP contribution in [0.25, 0.3) is 15.4 Å². The van der Waals surface area contributed by atoms with E-state index in [0.717, 1.165) is 45.2 Å². The fourth-order valence-electron chi connectivity index (χ4n) is 5.66. The summed E-state index contributed by atoms with van der Waals surface area (Å²) in [7, 11) is 0. The van der Waals surface area contributed by atoms with Gasteiger partial charge in [-0.05, 0) is 51.5 Å². The predicted octanol–water partition coefficient (Wildman–Crippen LogP) is 5.23. The Morgan fingerprint density at radius 1 is 1.19 bits per heavy atom. The van der Waals surface area contributed by atoms with Crippen LogP contribution in [-0.2, 0) is 0 Å². The monoisotopic (exact) mass is 521 g/mol. The van der Waals surface area contributed by atoms with Gasteiger partial charge in [0.15, 0.2) is 4.96 Å². The summed E-state index contributed by atoms with van der Waals surface area (Å²) in [6.07, 6.45) is 4.32. The minimum atomic E-state index is -0.536. The molecule has 1 N–H and O–H groups in total. The Kier molecular flexibility index (Phi) is 5.80. The van der Waals surface area contributed by atoms with Gasteiger partial charge in [-0.2, -0.15) is 0 Å². The third kappa shape index (κ3) is 3.98. The summed E-state index contributed by atoms with van der Waals surface area (Å²) in [5.41, 5.74) is 3.34. The van der Waals surface area contributed by atoms with Crippen molar-refractivity contribution in [3.63, 3.8) is 0 Å². The second kappa shape index (κ2) is 9.01. The number of benzene rings is 1. The highest BCUT2D eigenvalue weighted by Crippen LogP contribution is 2.44. The Balaban J connectivity index is 1.21. The fourth-order valence-corrected chi connectivity index (χ4v) is 7.32. The lowest BCUT2D eigenvalue weighted by Crippen LogP contribution is -2.50. The molecule has 2 fully saturated rings. The standard InChI is InChI=1S/C26H27N5O3S2/c1-14-5-4-6-18(11-14)22-21(29-16(3)36-22)23(32)31-19-8-7-17(12-19)20(31)13-27-26(33)34-24-15(2)28-25-30(24)9-10-35-25/h4-6,9-11,17,19-20H,7-8,12-13H2,1-3H3,(H,27,33)/t17-,19+,20+/m0/s1. The molecule has 36 heavy (non-hydrogen) atoms. The smallest absolute Gasteiger partial charge is 0.391 e. The summed E-state index contributed by atoms with van der Waals surface area (Å²) in [5.74, 6) is 0.738. The Bertz CT molecular complexity index is 1470. The number of nitrogens with one attached hydrogen (secondary N) is 1. The van der Waals surface area contributed by atoms with Gasteiger partial charge < -0.3 is 15.0 Å². The van der Waals surface area contributed by atoms with Crippen molar-refractivity contribution in [2.75, 3.05) is 6.54 Å². The zero-order valence-electron chi connectivity index (χ0n) is 20.4. The summed E-state index contributed by atoms with van der Waals surface area (Å²) >= 11 is 3.04. The molecule has 1 saturated heterocycles. The number of aryl methyl sites for hydroxylation is 3. The van der Waals surface area contributed by atoms with Crippen molar-refractivity contribution in [3.8, 4) is 16.3 Å². The number of carbonyl (C=O) groups is 2. The third-order valence-electron chi connectivity index (χ3n) is 7.22. The number of fused-ring (bicyclic) bond motifs is 3. The molecule has 2 bridgehead atoms. The Morgan fingerprint density at radius 3 is 2.89 bits per heavy atom. The normalized spacial score (nSPS) is 20.9. The van der Waals surface area contributed by atoms with Crippen molar-refractivity contribution >= 4 is 39.6 Å². The van der Waals surface area contributed by atoms with E-state index in [-0.39, 0.29) is 18.0 Å². The van der Waals surface area contributed by atoms with E-state index in [9.17, 15) is 9.59 Å². The number of hydrogen-bond donors (Lipinski definition) is 1. The van der Waals surface area contributed by atoms with Gasteiger partial charge in [-0.15, -0.1) is 22.7 Å². The molecular formula is C26H27N5O3S2. The van der Waals surface area contributed by atoms with Crippen LogP contribution in [0.15, 0.2) is 35.8 Å². The molecule has 3 atom stereocenters. The van der Waals surface area contributed by atoms with E-state index in [2.05, 4.69) is 21.4 Å². The summed E-state index contributed by atoms with van der Waals surface area (Å²) in [5, 5.41) is 5.68. The maximum atomic E-state index is 13.9. The average molecular weight is 522 g/mol. The van der Waals surface area contributed by atoms with Gasteiger partial charge >= 0.3 is 6.09 Å². The van der Waals surface area contributed by atoms with Crippen molar-refractivity contribution in [2.45, 2.75) is 52.1 Å². The summed E-state index contributed by atoms with van der Waals surface area (Å²) in [6, 6.07) is 8.29. The number of piperidine rings is 1. The first-order chi connectivity index (χ1) is 17.4. The second-order valence-corrected chi connectivity index (χ2v) is 11.7. The molecule has 10 heteroatoms. The molecule has 1 aliphatic heterocycles. The van der Waals surface area contributed by atoms with Crippen molar-refractivity contribution in [1.29, 1.82) is 0 Å². The van der Waals surface area contributed by atoms with Gasteiger partial charge in [0.2, 0.25) is 5.88 Å². The lowest BCUT2D eigenvalue weighted by Gasteiger charge is -2.35. The maximum Gasteiger partial charge on any atom is 0.414 e. The quantitative estimate of drug-likeness (QED) is 0.389. The van der Waals surface area contributed by atoms with Crippen LogP contribution in [0, 0.1) is 26.7 Å². The Morgan fingerprint density at radius 2 is 2.06 bits per heavy atom. The maximum absolute atomic E-state index is 13.9. The van der Waals surface area contributed by atoms with E-state index in [1.54, 1.807) is 15.7 Å². The Labute approximate surface area is 216 Å². The lowest BCUT2D eigenvalue weighted by molar-refractivity contribution is 0.0585. The number of thiazole rings is 2. The largest absolute Gasteiger partial charge is 0.414 e. The van der Waals surface area contributed by atoms with Gasteiger partial charge in [0, 0.05) is 24.2 Å². The number of nitrogens with zero attached hydrogens (tertiary/aromatic N) is 4. The highest BCUT2D eigenvalue weighted by Gasteiger charge is 2.49. The second-order valence-electron chi connectivity index (χ2n) is 9.62. The van der Waals surface area contributed by atoms with Gasteiger partial charge in [0.1, 0.15) is 11.4 Å². The van der Waals surface area contributed by atoms with Crippen molar-refractivity contribution in [2.24, 2.45) is 5.92 Å². The van der Waals surface area contributed by atoms with Crippen LogP contribution >= 0.6 is 22.7 Å². The van der Waals surface area contributed by atoms with Gasteiger partial charge in [-0.25, -0.2) is 14.8 Å². The number of ether oxygens (including phenoxy) is 1. The van der Waals surface area contributed by atoms with E-state index >= 15 is 0 Å². The molecule has 3 aromatic heterocycles. The predicted molar refractivity (Wildman–Crippen MR) is 140 cm³/mol. The molecule has 0 radical (unpaired) electrons. The first kappa shape index (κ1) is 23.2. The van der Waals surface area contributed by atoms with Crippen LogP contribution in [0.2, 0.25) is 0 Å². The first-order valence-electron chi connectivity index (χ1n) is 12.1. The van der Waals surface area contributed by atoms with Crippen molar-refractivity contribution in [3.05, 3.63) is 57.8 Å². The average Bonchev–Trinajstić information content (AvgIpc) is 3.66. The molecule has 6 rings (SSSR count). The van der Waals surface area contributed by atoms with E-state index < -0.39 is 6.09 Å². The van der Waals surface area contributed by atoms with E-state index in [0.29, 0.717) is 29.7 Å². The molecule has 186 valence electrons. The van der Waals surface area contributed by atoms with Gasteiger partial charge in [0.05, 0.1) is 15.9 Å². The third-order valence-corrected chi connectivity index (χ3v) is 8.99. The minimum Gasteiger partial charge on any atom is -0.391 e. The summed E-state index contributed by atoms with van der Waals surface area (Å²) < 4.78 is 7.38. The van der Waals surface area contributed by atoms with E-state index in [4.69, 9.17) is 4.74 Å². The first-order valence-corrected chi connectivity index (χ1v) is 13.8. The molecule has 8 nitrogen and oxygen atoms in total. The molecule has 1 aromatic carbocycles. The van der Waals surface area contributed by atoms with E-state index in [1.807, 2.05) is 55.4 Å².